The molecule has 0 amide bonds. The molecule has 4 heteroatoms. The molecule has 2 aliphatic rings. The van der Waals surface area contributed by atoms with E-state index in [1.165, 1.54) is 24.1 Å². The average Bonchev–Trinajstić information content (AvgIpc) is 3.41. The lowest BCUT2D eigenvalue weighted by atomic mass is 10.2. The first kappa shape index (κ1) is 14.6. The predicted molar refractivity (Wildman–Crippen MR) is 92.4 cm³/mol. The third-order valence-electron chi connectivity index (χ3n) is 4.85. The third kappa shape index (κ3) is 3.88. The summed E-state index contributed by atoms with van der Waals surface area (Å²) in [6.45, 7) is 5.33. The fourth-order valence-corrected chi connectivity index (χ4v) is 3.26. The van der Waals surface area contributed by atoms with Crippen LogP contribution in [0, 0.1) is 5.92 Å². The molecule has 0 radical (unpaired) electrons. The fraction of sp³-hybridized carbons (Fsp3) is 0.474. The van der Waals surface area contributed by atoms with Crippen molar-refractivity contribution < 1.29 is 0 Å². The first-order valence-corrected chi connectivity index (χ1v) is 8.69. The number of rotatable bonds is 5. The topological polar surface area (TPSA) is 32.3 Å². The van der Waals surface area contributed by atoms with Crippen molar-refractivity contribution in [1.82, 2.24) is 14.9 Å². The number of nitrogens with zero attached hydrogens (tertiary/aromatic N) is 4. The van der Waals surface area contributed by atoms with Gasteiger partial charge in [-0.05, 0) is 30.7 Å². The zero-order valence-electron chi connectivity index (χ0n) is 13.6. The molecule has 0 atom stereocenters. The quantitative estimate of drug-likeness (QED) is 0.850. The number of hydrogen-bond acceptors (Lipinski definition) is 4. The van der Waals surface area contributed by atoms with E-state index in [0.717, 1.165) is 50.9 Å². The van der Waals surface area contributed by atoms with Gasteiger partial charge in [-0.3, -0.25) is 4.90 Å². The van der Waals surface area contributed by atoms with Crippen LogP contribution in [-0.4, -0.2) is 41.0 Å². The van der Waals surface area contributed by atoms with Gasteiger partial charge in [0.15, 0.2) is 0 Å². The zero-order valence-corrected chi connectivity index (χ0v) is 13.6. The van der Waals surface area contributed by atoms with Crippen LogP contribution in [0.25, 0.3) is 0 Å². The van der Waals surface area contributed by atoms with Crippen molar-refractivity contribution in [3.8, 4) is 0 Å². The van der Waals surface area contributed by atoms with Crippen LogP contribution >= 0.6 is 0 Å². The minimum atomic E-state index is 0.875. The van der Waals surface area contributed by atoms with Gasteiger partial charge in [0.1, 0.15) is 12.1 Å². The summed E-state index contributed by atoms with van der Waals surface area (Å²) in [5, 5.41) is 0. The lowest BCUT2D eigenvalue weighted by molar-refractivity contribution is 0.249. The predicted octanol–water partition coefficient (Wildman–Crippen LogP) is 2.75. The Labute approximate surface area is 138 Å². The van der Waals surface area contributed by atoms with Crippen molar-refractivity contribution in [3.63, 3.8) is 0 Å². The maximum Gasteiger partial charge on any atom is 0.132 e. The van der Waals surface area contributed by atoms with Gasteiger partial charge in [0.25, 0.3) is 0 Å². The Bertz CT molecular complexity index is 631. The molecule has 1 saturated heterocycles. The van der Waals surface area contributed by atoms with Crippen LogP contribution in [0.5, 0.6) is 0 Å². The van der Waals surface area contributed by atoms with Crippen molar-refractivity contribution in [2.24, 2.45) is 5.92 Å². The van der Waals surface area contributed by atoms with Crippen LogP contribution in [0.15, 0.2) is 42.7 Å². The molecule has 120 valence electrons. The van der Waals surface area contributed by atoms with E-state index in [1.54, 1.807) is 6.33 Å². The van der Waals surface area contributed by atoms with E-state index in [2.05, 4.69) is 56.2 Å². The van der Waals surface area contributed by atoms with Gasteiger partial charge in [0, 0.05) is 44.5 Å². The SMILES string of the molecule is c1ccc(CN2CCN(c3cc(CC4CC4)ncn3)CC2)cc1. The molecule has 2 heterocycles. The van der Waals surface area contributed by atoms with Crippen LogP contribution in [0.3, 0.4) is 0 Å². The molecule has 4 rings (SSSR count). The van der Waals surface area contributed by atoms with Gasteiger partial charge >= 0.3 is 0 Å². The van der Waals surface area contributed by atoms with E-state index in [0.29, 0.717) is 0 Å². The van der Waals surface area contributed by atoms with Gasteiger partial charge in [0.2, 0.25) is 0 Å². The Hall–Kier alpha value is -1.94. The second-order valence-corrected chi connectivity index (χ2v) is 6.76. The Kier molecular flexibility index (Phi) is 4.24. The van der Waals surface area contributed by atoms with Gasteiger partial charge in [-0.25, -0.2) is 9.97 Å². The maximum atomic E-state index is 4.50. The van der Waals surface area contributed by atoms with E-state index in [1.807, 2.05) is 0 Å². The highest BCUT2D eigenvalue weighted by atomic mass is 15.3. The average molecular weight is 308 g/mol. The molecule has 1 aliphatic carbocycles. The van der Waals surface area contributed by atoms with Gasteiger partial charge in [0.05, 0.1) is 0 Å². The minimum absolute atomic E-state index is 0.875. The summed E-state index contributed by atoms with van der Waals surface area (Å²) < 4.78 is 0. The summed E-state index contributed by atoms with van der Waals surface area (Å²) in [5.41, 5.74) is 2.61. The summed E-state index contributed by atoms with van der Waals surface area (Å²) in [6, 6.07) is 12.9. The summed E-state index contributed by atoms with van der Waals surface area (Å²) in [4.78, 5) is 13.9. The van der Waals surface area contributed by atoms with Crippen LogP contribution in [0.4, 0.5) is 5.82 Å². The van der Waals surface area contributed by atoms with Crippen molar-refractivity contribution in [2.75, 3.05) is 31.1 Å². The molecule has 1 aromatic heterocycles. The van der Waals surface area contributed by atoms with Gasteiger partial charge in [-0.15, -0.1) is 0 Å². The molecule has 1 aromatic carbocycles. The molecule has 1 aliphatic heterocycles. The van der Waals surface area contributed by atoms with Crippen molar-refractivity contribution in [2.45, 2.75) is 25.8 Å². The van der Waals surface area contributed by atoms with Crippen molar-refractivity contribution in [1.29, 1.82) is 0 Å². The smallest absolute Gasteiger partial charge is 0.132 e. The lowest BCUT2D eigenvalue weighted by Gasteiger charge is -2.35. The third-order valence-corrected chi connectivity index (χ3v) is 4.85. The van der Waals surface area contributed by atoms with E-state index in [9.17, 15) is 0 Å². The van der Waals surface area contributed by atoms with E-state index in [-0.39, 0.29) is 0 Å². The van der Waals surface area contributed by atoms with Crippen LogP contribution in [0.2, 0.25) is 0 Å². The van der Waals surface area contributed by atoms with Crippen LogP contribution in [-0.2, 0) is 13.0 Å². The number of piperazine rings is 1. The highest BCUT2D eigenvalue weighted by Gasteiger charge is 2.23. The molecule has 2 aromatic rings. The van der Waals surface area contributed by atoms with Gasteiger partial charge < -0.3 is 4.90 Å². The first-order chi connectivity index (χ1) is 11.4. The lowest BCUT2D eigenvalue weighted by Crippen LogP contribution is -2.46. The highest BCUT2D eigenvalue weighted by Crippen LogP contribution is 2.32. The standard InChI is InChI=1S/C19H24N4/c1-2-4-17(5-3-1)14-22-8-10-23(11-9-22)19-13-18(20-15-21-19)12-16-6-7-16/h1-5,13,15-16H,6-12,14H2. The molecule has 0 bridgehead atoms. The number of benzene rings is 1. The molecule has 2 fully saturated rings. The van der Waals surface area contributed by atoms with Crippen molar-refractivity contribution >= 4 is 5.82 Å². The van der Waals surface area contributed by atoms with Crippen LogP contribution < -0.4 is 4.90 Å². The maximum absolute atomic E-state index is 4.50. The van der Waals surface area contributed by atoms with Crippen molar-refractivity contribution in [3.05, 3.63) is 54.0 Å². The first-order valence-electron chi connectivity index (χ1n) is 8.69. The fourth-order valence-electron chi connectivity index (χ4n) is 3.26. The highest BCUT2D eigenvalue weighted by molar-refractivity contribution is 5.39. The van der Waals surface area contributed by atoms with Crippen LogP contribution in [0.1, 0.15) is 24.1 Å². The van der Waals surface area contributed by atoms with E-state index < -0.39 is 0 Å². The minimum Gasteiger partial charge on any atom is -0.354 e. The molecule has 23 heavy (non-hydrogen) atoms. The molecule has 4 nitrogen and oxygen atoms in total. The largest absolute Gasteiger partial charge is 0.354 e. The monoisotopic (exact) mass is 308 g/mol. The number of aromatic nitrogens is 2. The Morgan fingerprint density at radius 3 is 2.48 bits per heavy atom. The Morgan fingerprint density at radius 1 is 0.957 bits per heavy atom. The molecule has 0 N–H and O–H groups in total. The normalized spacial score (nSPS) is 19.0. The molecular formula is C19H24N4. The molecular weight excluding hydrogens is 284 g/mol. The number of hydrogen-bond donors (Lipinski definition) is 0. The molecule has 1 saturated carbocycles. The second-order valence-electron chi connectivity index (χ2n) is 6.76. The van der Waals surface area contributed by atoms with Gasteiger partial charge in [-0.2, -0.15) is 0 Å². The van der Waals surface area contributed by atoms with E-state index in [4.69, 9.17) is 0 Å². The Morgan fingerprint density at radius 2 is 1.74 bits per heavy atom. The number of anilines is 1. The summed E-state index contributed by atoms with van der Waals surface area (Å²) in [6.07, 6.45) is 5.61. The Balaban J connectivity index is 1.34. The van der Waals surface area contributed by atoms with Gasteiger partial charge in [-0.1, -0.05) is 30.3 Å². The van der Waals surface area contributed by atoms with E-state index >= 15 is 0 Å². The summed E-state index contributed by atoms with van der Waals surface area (Å²) in [7, 11) is 0. The second kappa shape index (κ2) is 6.67. The summed E-state index contributed by atoms with van der Waals surface area (Å²) in [5.74, 6) is 1.98. The summed E-state index contributed by atoms with van der Waals surface area (Å²) >= 11 is 0. The zero-order chi connectivity index (χ0) is 15.5. The molecule has 0 unspecified atom stereocenters. The molecule has 0 spiro atoms.